The van der Waals surface area contributed by atoms with Gasteiger partial charge in [0, 0.05) is 31.1 Å². The molecule has 1 aliphatic heterocycles. The number of β-amino-alcohol motifs (C(OH)–C–C–N with tert-alkyl or cyclic N) is 1. The highest BCUT2D eigenvalue weighted by atomic mass is 35.5. The number of benzene rings is 2. The Morgan fingerprint density at radius 3 is 2.80 bits per heavy atom. The van der Waals surface area contributed by atoms with Gasteiger partial charge in [0.1, 0.15) is 30.3 Å². The number of para-hydroxylation sites is 2. The van der Waals surface area contributed by atoms with E-state index in [1.165, 1.54) is 0 Å². The topological polar surface area (TPSA) is 71.0 Å². The smallest absolute Gasteiger partial charge is 0.224 e. The van der Waals surface area contributed by atoms with E-state index in [1.54, 1.807) is 12.1 Å². The Kier molecular flexibility index (Phi) is 8.37. The van der Waals surface area contributed by atoms with Gasteiger partial charge in [-0.15, -0.1) is 0 Å². The average Bonchev–Trinajstić information content (AvgIpc) is 3.16. The number of nitrogens with one attached hydrogen (secondary N) is 1. The molecule has 0 bridgehead atoms. The van der Waals surface area contributed by atoms with Crippen molar-refractivity contribution in [2.45, 2.75) is 38.4 Å². The molecule has 30 heavy (non-hydrogen) atoms. The molecule has 2 aromatic rings. The highest BCUT2D eigenvalue weighted by Gasteiger charge is 2.25. The van der Waals surface area contributed by atoms with Crippen LogP contribution in [0.15, 0.2) is 48.5 Å². The van der Waals surface area contributed by atoms with Crippen LogP contribution in [0.5, 0.6) is 11.5 Å². The fraction of sp³-hybridized carbons (Fsp3) is 0.435. The molecule has 0 saturated carbocycles. The standard InChI is InChI=1S/C23H29ClN2O4/c1-2-5-23(28)25-21-6-3-4-7-22(21)29-16-18(27)14-26-13-12-20(15-26)30-19-10-8-17(24)9-11-19/h3-4,6-11,18,20,27H,2,5,12-16H2,1H3,(H,25,28). The van der Waals surface area contributed by atoms with Crippen molar-refractivity contribution in [2.75, 3.05) is 31.6 Å². The Bertz CT molecular complexity index is 815. The summed E-state index contributed by atoms with van der Waals surface area (Å²) < 4.78 is 11.8. The van der Waals surface area contributed by atoms with E-state index in [-0.39, 0.29) is 18.6 Å². The highest BCUT2D eigenvalue weighted by Crippen LogP contribution is 2.25. The number of hydrogen-bond acceptors (Lipinski definition) is 5. The third-order valence-electron chi connectivity index (χ3n) is 4.88. The van der Waals surface area contributed by atoms with Crippen LogP contribution < -0.4 is 14.8 Å². The molecule has 0 aliphatic carbocycles. The van der Waals surface area contributed by atoms with Crippen LogP contribution in [0.25, 0.3) is 0 Å². The van der Waals surface area contributed by atoms with Gasteiger partial charge in [-0.1, -0.05) is 30.7 Å². The first-order valence-corrected chi connectivity index (χ1v) is 10.8. The van der Waals surface area contributed by atoms with Gasteiger partial charge in [0.2, 0.25) is 5.91 Å². The molecule has 2 atom stereocenters. The van der Waals surface area contributed by atoms with Crippen molar-refractivity contribution >= 4 is 23.2 Å². The van der Waals surface area contributed by atoms with Crippen LogP contribution in [-0.4, -0.2) is 54.4 Å². The molecule has 1 saturated heterocycles. The van der Waals surface area contributed by atoms with Crippen LogP contribution in [-0.2, 0) is 4.79 Å². The Balaban J connectivity index is 1.43. The average molecular weight is 433 g/mol. The van der Waals surface area contributed by atoms with Crippen molar-refractivity contribution < 1.29 is 19.4 Å². The van der Waals surface area contributed by atoms with E-state index in [4.69, 9.17) is 21.1 Å². The molecule has 2 aromatic carbocycles. The van der Waals surface area contributed by atoms with E-state index in [0.29, 0.717) is 29.4 Å². The minimum atomic E-state index is -0.640. The van der Waals surface area contributed by atoms with E-state index in [9.17, 15) is 9.90 Å². The van der Waals surface area contributed by atoms with Gasteiger partial charge in [-0.05, 0) is 49.2 Å². The Morgan fingerprint density at radius 2 is 2.03 bits per heavy atom. The summed E-state index contributed by atoms with van der Waals surface area (Å²) in [6.45, 7) is 4.23. The second-order valence-electron chi connectivity index (χ2n) is 7.50. The van der Waals surface area contributed by atoms with E-state index in [2.05, 4.69) is 10.2 Å². The van der Waals surface area contributed by atoms with Crippen molar-refractivity contribution in [1.82, 2.24) is 4.90 Å². The maximum atomic E-state index is 11.9. The fourth-order valence-electron chi connectivity index (χ4n) is 3.44. The van der Waals surface area contributed by atoms with Crippen molar-refractivity contribution in [2.24, 2.45) is 0 Å². The van der Waals surface area contributed by atoms with Crippen LogP contribution in [0.4, 0.5) is 5.69 Å². The molecule has 3 rings (SSSR count). The maximum Gasteiger partial charge on any atom is 0.224 e. The first kappa shape index (κ1) is 22.4. The number of aliphatic hydroxyl groups is 1. The lowest BCUT2D eigenvalue weighted by atomic mass is 10.2. The molecule has 2 unspecified atom stereocenters. The van der Waals surface area contributed by atoms with E-state index >= 15 is 0 Å². The molecule has 1 fully saturated rings. The van der Waals surface area contributed by atoms with Crippen molar-refractivity contribution in [3.8, 4) is 11.5 Å². The lowest BCUT2D eigenvalue weighted by Gasteiger charge is -2.21. The number of hydrogen-bond donors (Lipinski definition) is 2. The zero-order valence-electron chi connectivity index (χ0n) is 17.2. The lowest BCUT2D eigenvalue weighted by Crippen LogP contribution is -2.35. The van der Waals surface area contributed by atoms with Gasteiger partial charge in [0.05, 0.1) is 5.69 Å². The third kappa shape index (κ3) is 6.90. The van der Waals surface area contributed by atoms with Gasteiger partial charge < -0.3 is 19.9 Å². The zero-order chi connectivity index (χ0) is 21.3. The first-order valence-electron chi connectivity index (χ1n) is 10.4. The van der Waals surface area contributed by atoms with Gasteiger partial charge >= 0.3 is 0 Å². The Labute approximate surface area is 182 Å². The molecule has 0 aromatic heterocycles. The van der Waals surface area contributed by atoms with Crippen molar-refractivity contribution in [3.05, 3.63) is 53.6 Å². The second-order valence-corrected chi connectivity index (χ2v) is 7.94. The van der Waals surface area contributed by atoms with Gasteiger partial charge in [-0.25, -0.2) is 0 Å². The number of carbonyl (C=O) groups excluding carboxylic acids is 1. The number of carbonyl (C=O) groups is 1. The van der Waals surface area contributed by atoms with Crippen LogP contribution in [0.1, 0.15) is 26.2 Å². The lowest BCUT2D eigenvalue weighted by molar-refractivity contribution is -0.116. The number of halogens is 1. The molecule has 6 nitrogen and oxygen atoms in total. The first-order chi connectivity index (χ1) is 14.5. The SMILES string of the molecule is CCCC(=O)Nc1ccccc1OCC(O)CN1CCC(Oc2ccc(Cl)cc2)C1. The van der Waals surface area contributed by atoms with Crippen LogP contribution in [0, 0.1) is 0 Å². The summed E-state index contributed by atoms with van der Waals surface area (Å²) in [5.74, 6) is 1.32. The summed E-state index contributed by atoms with van der Waals surface area (Å²) in [6.07, 6.45) is 1.60. The summed E-state index contributed by atoms with van der Waals surface area (Å²) in [7, 11) is 0. The molecule has 7 heteroatoms. The number of nitrogens with zero attached hydrogens (tertiary/aromatic N) is 1. The number of rotatable bonds is 10. The van der Waals surface area contributed by atoms with Gasteiger partial charge in [-0.2, -0.15) is 0 Å². The molecule has 0 spiro atoms. The number of ether oxygens (including phenoxy) is 2. The van der Waals surface area contributed by atoms with Crippen molar-refractivity contribution in [3.63, 3.8) is 0 Å². The predicted octanol–water partition coefficient (Wildman–Crippen LogP) is 3.97. The summed E-state index contributed by atoms with van der Waals surface area (Å²) in [4.78, 5) is 14.0. The largest absolute Gasteiger partial charge is 0.489 e. The number of aliphatic hydroxyl groups excluding tert-OH is 1. The zero-order valence-corrected chi connectivity index (χ0v) is 18.0. The van der Waals surface area contributed by atoms with Crippen LogP contribution in [0.3, 0.4) is 0 Å². The summed E-state index contributed by atoms with van der Waals surface area (Å²) in [5.41, 5.74) is 0.626. The number of anilines is 1. The third-order valence-corrected chi connectivity index (χ3v) is 5.14. The molecule has 1 heterocycles. The molecule has 1 amide bonds. The summed E-state index contributed by atoms with van der Waals surface area (Å²) in [6, 6.07) is 14.6. The number of likely N-dealkylation sites (tertiary alicyclic amines) is 1. The molecule has 2 N–H and O–H groups in total. The van der Waals surface area contributed by atoms with E-state index in [1.807, 2.05) is 43.3 Å². The van der Waals surface area contributed by atoms with E-state index in [0.717, 1.165) is 31.7 Å². The minimum absolute atomic E-state index is 0.0436. The van der Waals surface area contributed by atoms with Gasteiger partial charge in [-0.3, -0.25) is 9.69 Å². The van der Waals surface area contributed by atoms with Crippen molar-refractivity contribution in [1.29, 1.82) is 0 Å². The second kappa shape index (κ2) is 11.2. The molecular formula is C23H29ClN2O4. The van der Waals surface area contributed by atoms with Crippen LogP contribution in [0.2, 0.25) is 5.02 Å². The summed E-state index contributed by atoms with van der Waals surface area (Å²) >= 11 is 5.91. The molecule has 162 valence electrons. The monoisotopic (exact) mass is 432 g/mol. The fourth-order valence-corrected chi connectivity index (χ4v) is 3.56. The van der Waals surface area contributed by atoms with Gasteiger partial charge in [0.25, 0.3) is 0 Å². The maximum absolute atomic E-state index is 11.9. The molecule has 1 aliphatic rings. The quantitative estimate of drug-likeness (QED) is 0.594. The Hall–Kier alpha value is -2.28. The Morgan fingerprint density at radius 1 is 1.27 bits per heavy atom. The molecular weight excluding hydrogens is 404 g/mol. The van der Waals surface area contributed by atoms with Gasteiger partial charge in [0.15, 0.2) is 0 Å². The summed E-state index contributed by atoms with van der Waals surface area (Å²) in [5, 5.41) is 14.0. The number of amides is 1. The highest BCUT2D eigenvalue weighted by molar-refractivity contribution is 6.30. The van der Waals surface area contributed by atoms with Crippen LogP contribution >= 0.6 is 11.6 Å². The minimum Gasteiger partial charge on any atom is -0.489 e. The molecule has 0 radical (unpaired) electrons. The van der Waals surface area contributed by atoms with E-state index < -0.39 is 6.10 Å². The normalized spacial score (nSPS) is 17.5. The predicted molar refractivity (Wildman–Crippen MR) is 118 cm³/mol.